The lowest BCUT2D eigenvalue weighted by molar-refractivity contribution is -0.0546. The van der Waals surface area contributed by atoms with E-state index in [0.717, 1.165) is 4.57 Å². The van der Waals surface area contributed by atoms with Crippen molar-refractivity contribution in [3.8, 4) is 5.75 Å². The maximum atomic E-state index is 11.6. The number of nitrogens with zero attached hydrogens (tertiary/aromatic N) is 1. The standard InChI is InChI=1S/C10H13NO6.ClH/c12-4-6-7(14)8(15)10(17-6)11-3-1-2-5(13)9(11)16;/h1-3,6-8,10,12-15H,4H2;1H. The molecule has 1 aliphatic heterocycles. The fourth-order valence-electron chi connectivity index (χ4n) is 1.81. The van der Waals surface area contributed by atoms with Gasteiger partial charge >= 0.3 is 0 Å². The Morgan fingerprint density at radius 3 is 2.56 bits per heavy atom. The third-order valence-corrected chi connectivity index (χ3v) is 2.75. The number of ether oxygens (including phenoxy) is 1. The molecule has 2 heterocycles. The summed E-state index contributed by atoms with van der Waals surface area (Å²) in [5.41, 5.74) is -0.734. The van der Waals surface area contributed by atoms with E-state index in [1.807, 2.05) is 0 Å². The Morgan fingerprint density at radius 2 is 2.00 bits per heavy atom. The monoisotopic (exact) mass is 279 g/mol. The molecule has 1 aromatic heterocycles. The molecule has 4 atom stereocenters. The summed E-state index contributed by atoms with van der Waals surface area (Å²) in [6.07, 6.45) is -3.38. The number of aromatic hydroxyl groups is 1. The molecule has 1 saturated heterocycles. The SMILES string of the molecule is Cl.O=c1c(O)cccn1C1OC(CO)C(O)C1O. The van der Waals surface area contributed by atoms with Gasteiger partial charge in [-0.2, -0.15) is 0 Å². The van der Waals surface area contributed by atoms with Crippen LogP contribution < -0.4 is 5.56 Å². The van der Waals surface area contributed by atoms with Gasteiger partial charge in [-0.05, 0) is 12.1 Å². The number of halogens is 1. The summed E-state index contributed by atoms with van der Waals surface area (Å²) in [5, 5.41) is 37.4. The fourth-order valence-corrected chi connectivity index (χ4v) is 1.81. The van der Waals surface area contributed by atoms with E-state index in [1.165, 1.54) is 18.3 Å². The summed E-state index contributed by atoms with van der Waals surface area (Å²) in [6, 6.07) is 2.62. The molecule has 2 rings (SSSR count). The summed E-state index contributed by atoms with van der Waals surface area (Å²) in [5.74, 6) is -0.481. The zero-order valence-electron chi connectivity index (χ0n) is 9.21. The van der Waals surface area contributed by atoms with Crippen LogP contribution in [-0.2, 0) is 4.74 Å². The maximum Gasteiger partial charge on any atom is 0.294 e. The highest BCUT2D eigenvalue weighted by Crippen LogP contribution is 2.28. The van der Waals surface area contributed by atoms with E-state index in [4.69, 9.17) is 9.84 Å². The highest BCUT2D eigenvalue weighted by atomic mass is 35.5. The van der Waals surface area contributed by atoms with Crippen LogP contribution in [-0.4, -0.2) is 49.9 Å². The molecule has 18 heavy (non-hydrogen) atoms. The van der Waals surface area contributed by atoms with Crippen LogP contribution in [0.5, 0.6) is 5.75 Å². The lowest BCUT2D eigenvalue weighted by Crippen LogP contribution is -2.35. The first-order chi connectivity index (χ1) is 8.06. The van der Waals surface area contributed by atoms with Crippen LogP contribution in [0.1, 0.15) is 6.23 Å². The average molecular weight is 280 g/mol. The van der Waals surface area contributed by atoms with Crippen molar-refractivity contribution in [3.63, 3.8) is 0 Å². The van der Waals surface area contributed by atoms with E-state index in [1.54, 1.807) is 0 Å². The molecule has 7 nitrogen and oxygen atoms in total. The predicted molar refractivity (Wildman–Crippen MR) is 62.6 cm³/mol. The normalized spacial score (nSPS) is 31.1. The second-order valence-corrected chi connectivity index (χ2v) is 3.83. The number of rotatable bonds is 2. The highest BCUT2D eigenvalue weighted by Gasteiger charge is 2.43. The summed E-state index contributed by atoms with van der Waals surface area (Å²) in [6.45, 7) is -0.470. The van der Waals surface area contributed by atoms with E-state index in [9.17, 15) is 20.1 Å². The Hall–Kier alpha value is -1.12. The minimum Gasteiger partial charge on any atom is -0.503 e. The van der Waals surface area contributed by atoms with Crippen LogP contribution in [0.15, 0.2) is 23.1 Å². The van der Waals surface area contributed by atoms with Crippen molar-refractivity contribution in [1.82, 2.24) is 4.57 Å². The largest absolute Gasteiger partial charge is 0.503 e. The van der Waals surface area contributed by atoms with Crippen LogP contribution >= 0.6 is 12.4 Å². The number of pyridine rings is 1. The molecule has 8 heteroatoms. The van der Waals surface area contributed by atoms with Gasteiger partial charge in [-0.3, -0.25) is 9.36 Å². The lowest BCUT2D eigenvalue weighted by Gasteiger charge is -2.17. The van der Waals surface area contributed by atoms with Crippen molar-refractivity contribution in [3.05, 3.63) is 28.7 Å². The smallest absolute Gasteiger partial charge is 0.294 e. The first-order valence-corrected chi connectivity index (χ1v) is 5.09. The molecule has 0 amide bonds. The molecule has 0 saturated carbocycles. The van der Waals surface area contributed by atoms with Crippen molar-refractivity contribution in [2.75, 3.05) is 6.61 Å². The molecular formula is C10H14ClNO6. The average Bonchev–Trinajstić information content (AvgIpc) is 2.60. The lowest BCUT2D eigenvalue weighted by atomic mass is 10.1. The van der Waals surface area contributed by atoms with Crippen LogP contribution in [0.2, 0.25) is 0 Å². The minimum atomic E-state index is -1.34. The second-order valence-electron chi connectivity index (χ2n) is 3.83. The first kappa shape index (κ1) is 14.9. The van der Waals surface area contributed by atoms with Gasteiger partial charge in [-0.25, -0.2) is 0 Å². The molecule has 0 aromatic carbocycles. The summed E-state index contributed by atoms with van der Waals surface area (Å²) in [4.78, 5) is 11.6. The van der Waals surface area contributed by atoms with Crippen molar-refractivity contribution < 1.29 is 25.2 Å². The molecule has 4 unspecified atom stereocenters. The maximum absolute atomic E-state index is 11.6. The van der Waals surface area contributed by atoms with E-state index in [0.29, 0.717) is 0 Å². The fraction of sp³-hybridized carbons (Fsp3) is 0.500. The van der Waals surface area contributed by atoms with Crippen LogP contribution in [0, 0.1) is 0 Å². The van der Waals surface area contributed by atoms with Crippen molar-refractivity contribution in [2.45, 2.75) is 24.5 Å². The third kappa shape index (κ3) is 2.36. The Bertz CT molecular complexity index is 464. The van der Waals surface area contributed by atoms with E-state index < -0.39 is 42.5 Å². The van der Waals surface area contributed by atoms with Gasteiger partial charge in [-0.1, -0.05) is 0 Å². The number of aliphatic hydroxyl groups excluding tert-OH is 3. The molecule has 4 N–H and O–H groups in total. The first-order valence-electron chi connectivity index (χ1n) is 5.09. The number of hydrogen-bond donors (Lipinski definition) is 4. The van der Waals surface area contributed by atoms with Gasteiger partial charge in [0.15, 0.2) is 12.0 Å². The Balaban J connectivity index is 0.00000162. The van der Waals surface area contributed by atoms with Gasteiger partial charge in [0.05, 0.1) is 6.61 Å². The summed E-state index contributed by atoms with van der Waals surface area (Å²) in [7, 11) is 0. The zero-order valence-corrected chi connectivity index (χ0v) is 10.0. The van der Waals surface area contributed by atoms with Gasteiger partial charge in [0.1, 0.15) is 18.3 Å². The van der Waals surface area contributed by atoms with Crippen molar-refractivity contribution in [1.29, 1.82) is 0 Å². The molecule has 0 aliphatic carbocycles. The molecule has 1 fully saturated rings. The van der Waals surface area contributed by atoms with Crippen molar-refractivity contribution >= 4 is 12.4 Å². The molecular weight excluding hydrogens is 266 g/mol. The van der Waals surface area contributed by atoms with Gasteiger partial charge in [0.25, 0.3) is 5.56 Å². The molecule has 0 bridgehead atoms. The molecule has 0 spiro atoms. The van der Waals surface area contributed by atoms with E-state index >= 15 is 0 Å². The second kappa shape index (κ2) is 5.68. The van der Waals surface area contributed by atoms with Crippen LogP contribution in [0.3, 0.4) is 0 Å². The van der Waals surface area contributed by atoms with Crippen molar-refractivity contribution in [2.24, 2.45) is 0 Å². The molecule has 1 aliphatic rings. The van der Waals surface area contributed by atoms with Gasteiger partial charge < -0.3 is 25.2 Å². The van der Waals surface area contributed by atoms with E-state index in [-0.39, 0.29) is 12.4 Å². The van der Waals surface area contributed by atoms with Gasteiger partial charge in [0, 0.05) is 6.20 Å². The number of hydrogen-bond acceptors (Lipinski definition) is 6. The third-order valence-electron chi connectivity index (χ3n) is 2.75. The molecule has 1 aromatic rings. The zero-order chi connectivity index (χ0) is 12.6. The predicted octanol–water partition coefficient (Wildman–Crippen LogP) is -1.41. The Kier molecular flexibility index (Phi) is 4.71. The summed E-state index contributed by atoms with van der Waals surface area (Å²) < 4.78 is 6.13. The minimum absolute atomic E-state index is 0. The quantitative estimate of drug-likeness (QED) is 0.529. The Labute approximate surface area is 108 Å². The summed E-state index contributed by atoms with van der Waals surface area (Å²) >= 11 is 0. The molecule has 102 valence electrons. The topological polar surface area (TPSA) is 112 Å². The van der Waals surface area contributed by atoms with E-state index in [2.05, 4.69) is 0 Å². The van der Waals surface area contributed by atoms with Crippen LogP contribution in [0.4, 0.5) is 0 Å². The van der Waals surface area contributed by atoms with Crippen LogP contribution in [0.25, 0.3) is 0 Å². The number of aromatic nitrogens is 1. The Morgan fingerprint density at radius 1 is 1.33 bits per heavy atom. The van der Waals surface area contributed by atoms with Gasteiger partial charge in [0.2, 0.25) is 0 Å². The number of aliphatic hydroxyl groups is 3. The highest BCUT2D eigenvalue weighted by molar-refractivity contribution is 5.85. The molecule has 0 radical (unpaired) electrons. The van der Waals surface area contributed by atoms with Gasteiger partial charge in [-0.15, -0.1) is 12.4 Å².